The predicted molar refractivity (Wildman–Crippen MR) is 81.7 cm³/mol. The molecule has 4 nitrogen and oxygen atoms in total. The molecule has 2 atom stereocenters. The molecule has 3 rings (SSSR count). The zero-order valence-electron chi connectivity index (χ0n) is 12.4. The molecule has 1 aromatic carbocycles. The summed E-state index contributed by atoms with van der Waals surface area (Å²) in [4.78, 5) is 2.36. The van der Waals surface area contributed by atoms with E-state index in [1.165, 1.54) is 5.56 Å². The van der Waals surface area contributed by atoms with Crippen LogP contribution in [0.3, 0.4) is 0 Å². The minimum absolute atomic E-state index is 0.290. The van der Waals surface area contributed by atoms with Gasteiger partial charge >= 0.3 is 0 Å². The summed E-state index contributed by atoms with van der Waals surface area (Å²) in [5.41, 5.74) is 0.908. The zero-order valence-corrected chi connectivity index (χ0v) is 12.4. The first kappa shape index (κ1) is 14.5. The van der Waals surface area contributed by atoms with Gasteiger partial charge in [-0.3, -0.25) is 10.2 Å². The van der Waals surface area contributed by atoms with Crippen molar-refractivity contribution in [2.75, 3.05) is 26.2 Å². The maximum Gasteiger partial charge on any atom is 0.120 e. The number of nitrogens with zero attached hydrogens (tertiary/aromatic N) is 2. The third kappa shape index (κ3) is 3.62. The quantitative estimate of drug-likeness (QED) is 0.898. The van der Waals surface area contributed by atoms with E-state index in [1.54, 1.807) is 0 Å². The Morgan fingerprint density at radius 1 is 1.38 bits per heavy atom. The molecule has 0 bridgehead atoms. The topological polar surface area (TPSA) is 48.3 Å². The number of ether oxygens (including phenoxy) is 1. The molecule has 2 aliphatic heterocycles. The van der Waals surface area contributed by atoms with Crippen LogP contribution in [-0.4, -0.2) is 42.8 Å². The van der Waals surface area contributed by atoms with Crippen molar-refractivity contribution in [2.24, 2.45) is 0 Å². The second-order valence-corrected chi connectivity index (χ2v) is 6.16. The van der Waals surface area contributed by atoms with Gasteiger partial charge in [0, 0.05) is 32.8 Å². The maximum absolute atomic E-state index is 9.59. The van der Waals surface area contributed by atoms with Crippen molar-refractivity contribution in [3.05, 3.63) is 35.9 Å². The lowest BCUT2D eigenvalue weighted by Gasteiger charge is -2.25. The molecule has 0 radical (unpaired) electrons. The van der Waals surface area contributed by atoms with E-state index < -0.39 is 5.54 Å². The Bertz CT molecular complexity index is 493. The van der Waals surface area contributed by atoms with Gasteiger partial charge in [-0.15, -0.1) is 0 Å². The first-order valence-electron chi connectivity index (χ1n) is 7.84. The maximum atomic E-state index is 9.59. The van der Waals surface area contributed by atoms with Crippen molar-refractivity contribution in [3.63, 3.8) is 0 Å². The molecule has 2 fully saturated rings. The molecular formula is C17H23N3O. The first-order valence-corrected chi connectivity index (χ1v) is 7.84. The summed E-state index contributed by atoms with van der Waals surface area (Å²) in [5, 5.41) is 13.1. The first-order chi connectivity index (χ1) is 10.3. The number of likely N-dealkylation sites (tertiary alicyclic amines) is 1. The molecule has 0 saturated carbocycles. The molecule has 0 spiro atoms. The molecular weight excluding hydrogens is 262 g/mol. The summed E-state index contributed by atoms with van der Waals surface area (Å²) < 4.78 is 5.64. The Hall–Kier alpha value is -1.41. The van der Waals surface area contributed by atoms with Gasteiger partial charge < -0.3 is 4.74 Å². The van der Waals surface area contributed by atoms with Crippen LogP contribution in [0.4, 0.5) is 0 Å². The number of nitrogens with one attached hydrogen (secondary N) is 1. The standard InChI is InChI=1S/C17H23N3O/c18-13-17(19-11-16-7-4-10-21-16)8-9-20(14-17)12-15-5-2-1-3-6-15/h1-3,5-6,16,19H,4,7-12,14H2. The number of hydrogen-bond donors (Lipinski definition) is 1. The van der Waals surface area contributed by atoms with Crippen LogP contribution < -0.4 is 5.32 Å². The molecule has 2 unspecified atom stereocenters. The van der Waals surface area contributed by atoms with E-state index in [-0.39, 0.29) is 0 Å². The van der Waals surface area contributed by atoms with Crippen LogP contribution in [0.25, 0.3) is 0 Å². The predicted octanol–water partition coefficient (Wildman–Crippen LogP) is 1.92. The largest absolute Gasteiger partial charge is 0.377 e. The van der Waals surface area contributed by atoms with Crippen LogP contribution in [0.15, 0.2) is 30.3 Å². The fourth-order valence-electron chi connectivity index (χ4n) is 3.25. The second-order valence-electron chi connectivity index (χ2n) is 6.16. The summed E-state index contributed by atoms with van der Waals surface area (Å²) in [6.07, 6.45) is 3.44. The van der Waals surface area contributed by atoms with E-state index in [4.69, 9.17) is 4.74 Å². The Balaban J connectivity index is 1.54. The minimum Gasteiger partial charge on any atom is -0.377 e. The Labute approximate surface area is 126 Å². The molecule has 0 aliphatic carbocycles. The summed E-state index contributed by atoms with van der Waals surface area (Å²) >= 11 is 0. The van der Waals surface area contributed by atoms with E-state index in [2.05, 4.69) is 40.6 Å². The van der Waals surface area contributed by atoms with E-state index in [0.29, 0.717) is 6.10 Å². The fourth-order valence-corrected chi connectivity index (χ4v) is 3.25. The van der Waals surface area contributed by atoms with Gasteiger partial charge in [0.1, 0.15) is 5.54 Å². The van der Waals surface area contributed by atoms with Crippen LogP contribution in [-0.2, 0) is 11.3 Å². The third-order valence-corrected chi connectivity index (χ3v) is 4.50. The highest BCUT2D eigenvalue weighted by Gasteiger charge is 2.38. The van der Waals surface area contributed by atoms with Gasteiger partial charge in [0.2, 0.25) is 0 Å². The molecule has 0 amide bonds. The zero-order chi connectivity index (χ0) is 14.5. The molecule has 2 aliphatic rings. The number of nitriles is 1. The van der Waals surface area contributed by atoms with Gasteiger partial charge in [-0.2, -0.15) is 5.26 Å². The van der Waals surface area contributed by atoms with Gasteiger partial charge in [0.05, 0.1) is 12.2 Å². The SMILES string of the molecule is N#CC1(NCC2CCCO2)CCN(Cc2ccccc2)C1. The smallest absolute Gasteiger partial charge is 0.120 e. The van der Waals surface area contributed by atoms with Crippen molar-refractivity contribution in [1.29, 1.82) is 5.26 Å². The molecule has 112 valence electrons. The van der Waals surface area contributed by atoms with Gasteiger partial charge in [-0.1, -0.05) is 30.3 Å². The highest BCUT2D eigenvalue weighted by atomic mass is 16.5. The normalized spacial score (nSPS) is 29.6. The van der Waals surface area contributed by atoms with Crippen LogP contribution in [0, 0.1) is 11.3 Å². The lowest BCUT2D eigenvalue weighted by atomic mass is 10.0. The highest BCUT2D eigenvalue weighted by molar-refractivity contribution is 5.17. The summed E-state index contributed by atoms with van der Waals surface area (Å²) in [6.45, 7) is 4.36. The molecule has 1 N–H and O–H groups in total. The van der Waals surface area contributed by atoms with Crippen molar-refractivity contribution in [1.82, 2.24) is 10.2 Å². The van der Waals surface area contributed by atoms with Crippen LogP contribution in [0.5, 0.6) is 0 Å². The number of hydrogen-bond acceptors (Lipinski definition) is 4. The molecule has 1 aromatic rings. The average Bonchev–Trinajstić information content (AvgIpc) is 3.17. The van der Waals surface area contributed by atoms with Crippen LogP contribution >= 0.6 is 0 Å². The number of benzene rings is 1. The van der Waals surface area contributed by atoms with Gasteiger partial charge in [-0.25, -0.2) is 0 Å². The average molecular weight is 285 g/mol. The van der Waals surface area contributed by atoms with Crippen molar-refractivity contribution in [2.45, 2.75) is 37.5 Å². The summed E-state index contributed by atoms with van der Waals surface area (Å²) in [6, 6.07) is 13.0. The van der Waals surface area contributed by atoms with Gasteiger partial charge in [0.15, 0.2) is 0 Å². The summed E-state index contributed by atoms with van der Waals surface area (Å²) in [5.74, 6) is 0. The molecule has 21 heavy (non-hydrogen) atoms. The van der Waals surface area contributed by atoms with E-state index >= 15 is 0 Å². The molecule has 2 heterocycles. The third-order valence-electron chi connectivity index (χ3n) is 4.50. The van der Waals surface area contributed by atoms with E-state index in [1.807, 2.05) is 6.07 Å². The Kier molecular flexibility index (Phi) is 4.54. The highest BCUT2D eigenvalue weighted by Crippen LogP contribution is 2.23. The monoisotopic (exact) mass is 285 g/mol. The van der Waals surface area contributed by atoms with Crippen molar-refractivity contribution < 1.29 is 4.74 Å². The second kappa shape index (κ2) is 6.57. The Morgan fingerprint density at radius 2 is 2.24 bits per heavy atom. The summed E-state index contributed by atoms with van der Waals surface area (Å²) in [7, 11) is 0. The van der Waals surface area contributed by atoms with Crippen LogP contribution in [0.1, 0.15) is 24.8 Å². The molecule has 4 heteroatoms. The lowest BCUT2D eigenvalue weighted by molar-refractivity contribution is 0.104. The molecule has 2 saturated heterocycles. The van der Waals surface area contributed by atoms with Gasteiger partial charge in [-0.05, 0) is 24.8 Å². The number of rotatable bonds is 5. The van der Waals surface area contributed by atoms with E-state index in [0.717, 1.165) is 52.0 Å². The molecule has 0 aromatic heterocycles. The van der Waals surface area contributed by atoms with Gasteiger partial charge in [0.25, 0.3) is 0 Å². The lowest BCUT2D eigenvalue weighted by Crippen LogP contribution is -2.49. The fraction of sp³-hybridized carbons (Fsp3) is 0.588. The Morgan fingerprint density at radius 3 is 2.95 bits per heavy atom. The minimum atomic E-state index is -0.402. The van der Waals surface area contributed by atoms with E-state index in [9.17, 15) is 5.26 Å². The van der Waals surface area contributed by atoms with Crippen molar-refractivity contribution >= 4 is 0 Å². The van der Waals surface area contributed by atoms with Crippen molar-refractivity contribution in [3.8, 4) is 6.07 Å². The van der Waals surface area contributed by atoms with Crippen LogP contribution in [0.2, 0.25) is 0 Å².